The van der Waals surface area contributed by atoms with Gasteiger partial charge in [-0.15, -0.1) is 0 Å². The smallest absolute Gasteiger partial charge is 0.230 e. The molecule has 1 fully saturated rings. The number of benzene rings is 1. The largest absolute Gasteiger partial charge is 0.396 e. The van der Waals surface area contributed by atoms with Crippen LogP contribution in [0.2, 0.25) is 0 Å². The maximum atomic E-state index is 12.9. The number of aliphatic hydroxyl groups is 1. The maximum absolute atomic E-state index is 12.9. The predicted molar refractivity (Wildman–Crippen MR) is 66.6 cm³/mol. The number of amides is 1. The van der Waals surface area contributed by atoms with Crippen LogP contribution in [0.15, 0.2) is 24.3 Å². The molecule has 1 aliphatic carbocycles. The van der Waals surface area contributed by atoms with Gasteiger partial charge in [-0.2, -0.15) is 0 Å². The monoisotopic (exact) mass is 251 g/mol. The first-order chi connectivity index (χ1) is 8.69. The quantitative estimate of drug-likeness (QED) is 0.757. The maximum Gasteiger partial charge on any atom is 0.230 e. The van der Waals surface area contributed by atoms with E-state index in [1.54, 1.807) is 12.1 Å². The van der Waals surface area contributed by atoms with Gasteiger partial charge in [0.25, 0.3) is 0 Å². The van der Waals surface area contributed by atoms with Gasteiger partial charge < -0.3 is 10.4 Å². The molecular weight excluding hydrogens is 233 g/mol. The molecule has 0 heterocycles. The normalized spacial score (nSPS) is 16.3. The second-order valence-corrected chi connectivity index (χ2v) is 4.78. The summed E-state index contributed by atoms with van der Waals surface area (Å²) in [4.78, 5) is 12.1. The molecule has 1 aromatic carbocycles. The van der Waals surface area contributed by atoms with Crippen molar-refractivity contribution in [3.63, 3.8) is 0 Å². The van der Waals surface area contributed by atoms with Gasteiger partial charge in [0.2, 0.25) is 5.91 Å². The summed E-state index contributed by atoms with van der Waals surface area (Å²) in [5.41, 5.74) is 0.455. The highest BCUT2D eigenvalue weighted by Gasteiger charge is 2.50. The van der Waals surface area contributed by atoms with E-state index in [1.165, 1.54) is 12.1 Å². The van der Waals surface area contributed by atoms with Crippen molar-refractivity contribution in [1.29, 1.82) is 0 Å². The lowest BCUT2D eigenvalue weighted by Gasteiger charge is -2.15. The Balaban J connectivity index is 1.94. The van der Waals surface area contributed by atoms with Crippen LogP contribution in [0.3, 0.4) is 0 Å². The van der Waals surface area contributed by atoms with Crippen molar-refractivity contribution in [1.82, 2.24) is 5.32 Å². The number of unbranched alkanes of at least 4 members (excludes halogenated alkanes) is 1. The van der Waals surface area contributed by atoms with Crippen molar-refractivity contribution in [3.8, 4) is 0 Å². The Morgan fingerprint density at radius 2 is 1.94 bits per heavy atom. The van der Waals surface area contributed by atoms with Crippen LogP contribution in [0, 0.1) is 5.82 Å². The number of carbonyl (C=O) groups is 1. The molecule has 0 radical (unpaired) electrons. The van der Waals surface area contributed by atoms with Gasteiger partial charge in [0, 0.05) is 13.2 Å². The van der Waals surface area contributed by atoms with Crippen LogP contribution in [0.4, 0.5) is 4.39 Å². The summed E-state index contributed by atoms with van der Waals surface area (Å²) in [6, 6.07) is 6.17. The highest BCUT2D eigenvalue weighted by atomic mass is 19.1. The number of halogens is 1. The molecule has 1 aliphatic rings. The highest BCUT2D eigenvalue weighted by Crippen LogP contribution is 2.48. The third-order valence-electron chi connectivity index (χ3n) is 3.45. The van der Waals surface area contributed by atoms with Crippen molar-refractivity contribution >= 4 is 5.91 Å². The first-order valence-corrected chi connectivity index (χ1v) is 6.34. The zero-order valence-electron chi connectivity index (χ0n) is 10.3. The van der Waals surface area contributed by atoms with E-state index in [2.05, 4.69) is 5.32 Å². The number of rotatable bonds is 6. The van der Waals surface area contributed by atoms with Gasteiger partial charge in [0.15, 0.2) is 0 Å². The topological polar surface area (TPSA) is 49.3 Å². The molecule has 4 heteroatoms. The molecule has 0 atom stereocenters. The van der Waals surface area contributed by atoms with E-state index < -0.39 is 5.41 Å². The number of carbonyl (C=O) groups excluding carboxylic acids is 1. The molecule has 98 valence electrons. The first kappa shape index (κ1) is 13.0. The van der Waals surface area contributed by atoms with Gasteiger partial charge in [0.1, 0.15) is 5.82 Å². The van der Waals surface area contributed by atoms with E-state index in [1.807, 2.05) is 0 Å². The average Bonchev–Trinajstić information content (AvgIpc) is 3.17. The average molecular weight is 251 g/mol. The lowest BCUT2D eigenvalue weighted by atomic mass is 9.95. The standard InChI is InChI=1S/C14H18FNO2/c15-12-5-3-11(4-6-12)14(7-8-14)13(18)16-9-1-2-10-17/h3-6,17H,1-2,7-10H2,(H,16,18). The van der Waals surface area contributed by atoms with Gasteiger partial charge in [-0.05, 0) is 43.4 Å². The number of nitrogens with one attached hydrogen (secondary N) is 1. The molecule has 0 bridgehead atoms. The van der Waals surface area contributed by atoms with Crippen molar-refractivity contribution in [2.45, 2.75) is 31.1 Å². The van der Waals surface area contributed by atoms with Crippen molar-refractivity contribution in [2.75, 3.05) is 13.2 Å². The Bertz CT molecular complexity index is 412. The highest BCUT2D eigenvalue weighted by molar-refractivity contribution is 5.91. The van der Waals surface area contributed by atoms with E-state index in [4.69, 9.17) is 5.11 Å². The molecule has 0 aromatic heterocycles. The van der Waals surface area contributed by atoms with Crippen molar-refractivity contribution in [3.05, 3.63) is 35.6 Å². The third kappa shape index (κ3) is 2.70. The third-order valence-corrected chi connectivity index (χ3v) is 3.45. The van der Waals surface area contributed by atoms with Crippen LogP contribution in [0.25, 0.3) is 0 Å². The van der Waals surface area contributed by atoms with E-state index in [9.17, 15) is 9.18 Å². The Labute approximate surface area is 106 Å². The summed E-state index contributed by atoms with van der Waals surface area (Å²) in [6.45, 7) is 0.737. The Hall–Kier alpha value is -1.42. The summed E-state index contributed by atoms with van der Waals surface area (Å²) >= 11 is 0. The van der Waals surface area contributed by atoms with Gasteiger partial charge >= 0.3 is 0 Å². The van der Waals surface area contributed by atoms with Gasteiger partial charge in [-0.25, -0.2) is 4.39 Å². The molecule has 0 spiro atoms. The second-order valence-electron chi connectivity index (χ2n) is 4.78. The predicted octanol–water partition coefficient (Wildman–Crippen LogP) is 1.75. The van der Waals surface area contributed by atoms with E-state index in [0.29, 0.717) is 13.0 Å². The molecule has 18 heavy (non-hydrogen) atoms. The molecule has 2 N–H and O–H groups in total. The Morgan fingerprint density at radius 3 is 2.50 bits per heavy atom. The number of hydrogen-bond donors (Lipinski definition) is 2. The second kappa shape index (κ2) is 5.48. The first-order valence-electron chi connectivity index (χ1n) is 6.34. The number of hydrogen-bond acceptors (Lipinski definition) is 2. The minimum Gasteiger partial charge on any atom is -0.396 e. The molecule has 1 saturated carbocycles. The zero-order chi connectivity index (χ0) is 13.0. The fourth-order valence-corrected chi connectivity index (χ4v) is 2.15. The van der Waals surface area contributed by atoms with Crippen LogP contribution < -0.4 is 5.32 Å². The molecule has 0 unspecified atom stereocenters. The lowest BCUT2D eigenvalue weighted by Crippen LogP contribution is -2.35. The Kier molecular flexibility index (Phi) is 3.97. The molecule has 0 saturated heterocycles. The van der Waals surface area contributed by atoms with Crippen molar-refractivity contribution < 1.29 is 14.3 Å². The molecular formula is C14H18FNO2. The van der Waals surface area contributed by atoms with Gasteiger partial charge in [-0.1, -0.05) is 12.1 Å². The molecule has 1 amide bonds. The number of aliphatic hydroxyl groups excluding tert-OH is 1. The van der Waals surface area contributed by atoms with Crippen LogP contribution >= 0.6 is 0 Å². The fourth-order valence-electron chi connectivity index (χ4n) is 2.15. The molecule has 0 aliphatic heterocycles. The van der Waals surface area contributed by atoms with Crippen LogP contribution in [0.5, 0.6) is 0 Å². The van der Waals surface area contributed by atoms with Crippen LogP contribution in [-0.2, 0) is 10.2 Å². The SMILES string of the molecule is O=C(NCCCCO)C1(c2ccc(F)cc2)CC1. The van der Waals surface area contributed by atoms with Gasteiger partial charge in [-0.3, -0.25) is 4.79 Å². The van der Waals surface area contributed by atoms with Crippen molar-refractivity contribution in [2.24, 2.45) is 0 Å². The minimum absolute atomic E-state index is 0.0204. The summed E-state index contributed by atoms with van der Waals surface area (Å²) in [5, 5.41) is 11.5. The van der Waals surface area contributed by atoms with E-state index in [0.717, 1.165) is 24.8 Å². The van der Waals surface area contributed by atoms with E-state index >= 15 is 0 Å². The minimum atomic E-state index is -0.438. The molecule has 2 rings (SSSR count). The Morgan fingerprint density at radius 1 is 1.28 bits per heavy atom. The summed E-state index contributed by atoms with van der Waals surface area (Å²) < 4.78 is 12.9. The zero-order valence-corrected chi connectivity index (χ0v) is 10.3. The summed E-state index contributed by atoms with van der Waals surface area (Å²) in [7, 11) is 0. The molecule has 1 aromatic rings. The van der Waals surface area contributed by atoms with Crippen LogP contribution in [0.1, 0.15) is 31.2 Å². The molecule has 3 nitrogen and oxygen atoms in total. The fraction of sp³-hybridized carbons (Fsp3) is 0.500. The van der Waals surface area contributed by atoms with E-state index in [-0.39, 0.29) is 18.3 Å². The summed E-state index contributed by atoms with van der Waals surface area (Å²) in [5.74, 6) is -0.259. The summed E-state index contributed by atoms with van der Waals surface area (Å²) in [6.07, 6.45) is 3.13. The lowest BCUT2D eigenvalue weighted by molar-refractivity contribution is -0.123. The van der Waals surface area contributed by atoms with Crippen LogP contribution in [-0.4, -0.2) is 24.2 Å². The van der Waals surface area contributed by atoms with Gasteiger partial charge in [0.05, 0.1) is 5.41 Å².